The lowest BCUT2D eigenvalue weighted by molar-refractivity contribution is 0.0473. The highest BCUT2D eigenvalue weighted by atomic mass is 16.6. The molecule has 2 atom stereocenters. The Bertz CT molecular complexity index is 615. The van der Waals surface area contributed by atoms with Gasteiger partial charge in [-0.1, -0.05) is 95.8 Å². The zero-order chi connectivity index (χ0) is 30.2. The first kappa shape index (κ1) is 39.5. The normalized spacial score (nSPS) is 13.6. The number of rotatable bonds is 29. The first-order valence-electron chi connectivity index (χ1n) is 17.6. The van der Waals surface area contributed by atoms with Crippen molar-refractivity contribution in [3.63, 3.8) is 0 Å². The van der Waals surface area contributed by atoms with E-state index in [-0.39, 0.29) is 12.2 Å². The summed E-state index contributed by atoms with van der Waals surface area (Å²) in [5.74, 6) is 0.421. The Hall–Kier alpha value is -1.55. The van der Waals surface area contributed by atoms with E-state index in [1.807, 2.05) is 14.1 Å². The van der Waals surface area contributed by atoms with Crippen LogP contribution in [0.15, 0.2) is 36.5 Å². The van der Waals surface area contributed by atoms with Gasteiger partial charge in [0.15, 0.2) is 0 Å². The van der Waals surface area contributed by atoms with E-state index in [1.54, 1.807) is 0 Å². The molecule has 0 fully saturated rings. The van der Waals surface area contributed by atoms with E-state index >= 15 is 0 Å². The maximum absolute atomic E-state index is 12.8. The minimum absolute atomic E-state index is 0.00934. The van der Waals surface area contributed by atoms with Crippen LogP contribution in [0.2, 0.25) is 0 Å². The molecule has 1 amide bonds. The zero-order valence-electron chi connectivity index (χ0n) is 28.1. The molecule has 0 heterocycles. The molecule has 0 aromatic heterocycles. The highest BCUT2D eigenvalue weighted by molar-refractivity contribution is 5.67. The zero-order valence-corrected chi connectivity index (χ0v) is 28.1. The molecule has 2 unspecified atom stereocenters. The van der Waals surface area contributed by atoms with Crippen LogP contribution in [0.25, 0.3) is 0 Å². The highest BCUT2D eigenvalue weighted by Crippen LogP contribution is 2.27. The SMILES string of the molecule is CCCCCC=CCCCC(CCC/C=C\CCCCC)C(CCCC=CCCCCC)OC(=O)NCCN(C)C. The molecule has 0 aliphatic heterocycles. The number of allylic oxidation sites excluding steroid dienone is 6. The summed E-state index contributed by atoms with van der Waals surface area (Å²) in [6.45, 7) is 8.22. The van der Waals surface area contributed by atoms with Crippen LogP contribution < -0.4 is 5.32 Å². The van der Waals surface area contributed by atoms with Crippen LogP contribution in [-0.2, 0) is 4.74 Å². The fraction of sp³-hybridized carbons (Fsp3) is 0.811. The Kier molecular flexibility index (Phi) is 30.2. The standard InChI is InChI=1S/C37H70N2O2/c1-6-9-12-15-18-21-24-27-30-35(31-28-25-22-19-16-13-10-7-2)36(41-37(40)38-33-34-39(4)5)32-29-26-23-20-17-14-11-8-3/h18-23,35-36H,6-17,24-34H2,1-5H3,(H,38,40)/b21-18-,22-19?,23-20?. The van der Waals surface area contributed by atoms with Crippen LogP contribution in [0.1, 0.15) is 156 Å². The molecule has 0 radical (unpaired) electrons. The average Bonchev–Trinajstić information content (AvgIpc) is 2.95. The van der Waals surface area contributed by atoms with E-state index in [9.17, 15) is 4.79 Å². The maximum Gasteiger partial charge on any atom is 0.407 e. The summed E-state index contributed by atoms with van der Waals surface area (Å²) in [6, 6.07) is 0. The summed E-state index contributed by atoms with van der Waals surface area (Å²) >= 11 is 0. The molecule has 0 bridgehead atoms. The summed E-state index contributed by atoms with van der Waals surface area (Å²) in [7, 11) is 4.05. The van der Waals surface area contributed by atoms with Gasteiger partial charge in [-0.15, -0.1) is 0 Å². The molecule has 0 aliphatic rings. The number of nitrogens with one attached hydrogen (secondary N) is 1. The second kappa shape index (κ2) is 31.4. The van der Waals surface area contributed by atoms with E-state index < -0.39 is 0 Å². The average molecular weight is 575 g/mol. The maximum atomic E-state index is 12.8. The molecule has 4 heteroatoms. The Balaban J connectivity index is 5.11. The van der Waals surface area contributed by atoms with Gasteiger partial charge in [0.05, 0.1) is 0 Å². The van der Waals surface area contributed by atoms with Crippen molar-refractivity contribution < 1.29 is 9.53 Å². The van der Waals surface area contributed by atoms with Crippen molar-refractivity contribution in [3.05, 3.63) is 36.5 Å². The van der Waals surface area contributed by atoms with Crippen LogP contribution in [0.3, 0.4) is 0 Å². The van der Waals surface area contributed by atoms with Gasteiger partial charge >= 0.3 is 6.09 Å². The second-order valence-electron chi connectivity index (χ2n) is 12.1. The molecule has 0 aliphatic carbocycles. The molecule has 41 heavy (non-hydrogen) atoms. The summed E-state index contributed by atoms with van der Waals surface area (Å²) in [5, 5.41) is 2.99. The van der Waals surface area contributed by atoms with Crippen molar-refractivity contribution in [3.8, 4) is 0 Å². The monoisotopic (exact) mass is 575 g/mol. The predicted molar refractivity (Wildman–Crippen MR) is 182 cm³/mol. The van der Waals surface area contributed by atoms with Gasteiger partial charge in [-0.25, -0.2) is 4.79 Å². The molecular weight excluding hydrogens is 504 g/mol. The third-order valence-corrected chi connectivity index (χ3v) is 7.79. The van der Waals surface area contributed by atoms with Crippen molar-refractivity contribution in [1.29, 1.82) is 0 Å². The molecule has 0 spiro atoms. The number of carbonyl (C=O) groups is 1. The minimum Gasteiger partial charge on any atom is -0.446 e. The van der Waals surface area contributed by atoms with Crippen molar-refractivity contribution >= 4 is 6.09 Å². The van der Waals surface area contributed by atoms with E-state index in [1.165, 1.54) is 89.9 Å². The van der Waals surface area contributed by atoms with Crippen LogP contribution in [0, 0.1) is 5.92 Å². The first-order valence-corrected chi connectivity index (χ1v) is 17.6. The van der Waals surface area contributed by atoms with Gasteiger partial charge in [0.2, 0.25) is 0 Å². The predicted octanol–water partition coefficient (Wildman–Crippen LogP) is 11.2. The lowest BCUT2D eigenvalue weighted by Crippen LogP contribution is -2.36. The van der Waals surface area contributed by atoms with Gasteiger partial charge in [0, 0.05) is 13.1 Å². The lowest BCUT2D eigenvalue weighted by atomic mass is 9.87. The fourth-order valence-electron chi connectivity index (χ4n) is 5.14. The van der Waals surface area contributed by atoms with Gasteiger partial charge < -0.3 is 15.0 Å². The molecule has 0 saturated heterocycles. The quantitative estimate of drug-likeness (QED) is 0.0713. The molecule has 0 rings (SSSR count). The lowest BCUT2D eigenvalue weighted by Gasteiger charge is -2.27. The molecule has 0 aromatic rings. The Morgan fingerprint density at radius 2 is 1.00 bits per heavy atom. The van der Waals surface area contributed by atoms with Crippen molar-refractivity contribution in [2.45, 2.75) is 162 Å². The summed E-state index contributed by atoms with van der Waals surface area (Å²) in [4.78, 5) is 14.9. The van der Waals surface area contributed by atoms with Crippen LogP contribution >= 0.6 is 0 Å². The first-order chi connectivity index (χ1) is 20.0. The summed E-state index contributed by atoms with van der Waals surface area (Å²) < 4.78 is 6.17. The van der Waals surface area contributed by atoms with Crippen LogP contribution in [-0.4, -0.2) is 44.3 Å². The van der Waals surface area contributed by atoms with Gasteiger partial charge in [-0.2, -0.15) is 0 Å². The van der Waals surface area contributed by atoms with E-state index in [2.05, 4.69) is 67.4 Å². The number of ether oxygens (including phenoxy) is 1. The number of amides is 1. The molecule has 240 valence electrons. The van der Waals surface area contributed by atoms with Crippen LogP contribution in [0.5, 0.6) is 0 Å². The smallest absolute Gasteiger partial charge is 0.407 e. The van der Waals surface area contributed by atoms with Crippen molar-refractivity contribution in [1.82, 2.24) is 10.2 Å². The molecule has 0 saturated carbocycles. The fourth-order valence-corrected chi connectivity index (χ4v) is 5.14. The van der Waals surface area contributed by atoms with Crippen molar-refractivity contribution in [2.24, 2.45) is 5.92 Å². The highest BCUT2D eigenvalue weighted by Gasteiger charge is 2.24. The Labute approximate surface area is 256 Å². The number of hydrogen-bond donors (Lipinski definition) is 1. The summed E-state index contributed by atoms with van der Waals surface area (Å²) in [6.07, 6.45) is 39.1. The van der Waals surface area contributed by atoms with E-state index in [0.29, 0.717) is 12.5 Å². The molecule has 4 nitrogen and oxygen atoms in total. The van der Waals surface area contributed by atoms with E-state index in [0.717, 1.165) is 51.5 Å². The number of alkyl carbamates (subject to hydrolysis) is 1. The Morgan fingerprint density at radius 3 is 1.39 bits per heavy atom. The molecular formula is C37H70N2O2. The number of likely N-dealkylation sites (N-methyl/N-ethyl adjacent to an activating group) is 1. The number of unbranched alkanes of at least 4 members (excludes halogenated alkanes) is 12. The number of carbonyl (C=O) groups excluding carboxylic acids is 1. The van der Waals surface area contributed by atoms with E-state index in [4.69, 9.17) is 4.74 Å². The third-order valence-electron chi connectivity index (χ3n) is 7.79. The minimum atomic E-state index is -0.247. The third kappa shape index (κ3) is 28.3. The van der Waals surface area contributed by atoms with Gasteiger partial charge in [-0.05, 0) is 116 Å². The number of nitrogens with zero attached hydrogens (tertiary/aromatic N) is 1. The van der Waals surface area contributed by atoms with Gasteiger partial charge in [-0.3, -0.25) is 0 Å². The molecule has 0 aromatic carbocycles. The second-order valence-corrected chi connectivity index (χ2v) is 12.1. The van der Waals surface area contributed by atoms with Crippen molar-refractivity contribution in [2.75, 3.05) is 27.2 Å². The topological polar surface area (TPSA) is 41.6 Å². The Morgan fingerprint density at radius 1 is 0.610 bits per heavy atom. The van der Waals surface area contributed by atoms with Gasteiger partial charge in [0.25, 0.3) is 0 Å². The number of hydrogen-bond acceptors (Lipinski definition) is 3. The van der Waals surface area contributed by atoms with Crippen LogP contribution in [0.4, 0.5) is 4.79 Å². The summed E-state index contributed by atoms with van der Waals surface area (Å²) in [5.41, 5.74) is 0. The largest absolute Gasteiger partial charge is 0.446 e. The van der Waals surface area contributed by atoms with Gasteiger partial charge in [0.1, 0.15) is 6.10 Å². The molecule has 1 N–H and O–H groups in total.